The molecule has 2 atom stereocenters. The van der Waals surface area contributed by atoms with Crippen LogP contribution in [0.2, 0.25) is 0 Å². The zero-order chi connectivity index (χ0) is 18.5. The quantitative estimate of drug-likeness (QED) is 0.667. The van der Waals surface area contributed by atoms with Crippen LogP contribution in [0.4, 0.5) is 0 Å². The van der Waals surface area contributed by atoms with Gasteiger partial charge in [-0.1, -0.05) is 46.3 Å². The van der Waals surface area contributed by atoms with Gasteiger partial charge in [0.25, 0.3) is 5.91 Å². The number of aryl methyl sites for hydroxylation is 1. The molecule has 26 heavy (non-hydrogen) atoms. The SMILES string of the molecule is C[C@H](Oc1ccc(Br)cc1)C(=O)N[C@H](c1ccccc1)c1nccn1C. The Bertz CT molecular complexity index is 862. The molecule has 6 heteroatoms. The third kappa shape index (κ3) is 4.32. The average molecular weight is 414 g/mol. The molecule has 3 rings (SSSR count). The Morgan fingerprint density at radius 2 is 1.85 bits per heavy atom. The fraction of sp³-hybridized carbons (Fsp3) is 0.200. The Balaban J connectivity index is 1.77. The van der Waals surface area contributed by atoms with Crippen molar-refractivity contribution in [2.24, 2.45) is 7.05 Å². The Morgan fingerprint density at radius 3 is 2.46 bits per heavy atom. The summed E-state index contributed by atoms with van der Waals surface area (Å²) in [5.74, 6) is 1.20. The van der Waals surface area contributed by atoms with E-state index in [2.05, 4.69) is 26.2 Å². The highest BCUT2D eigenvalue weighted by Gasteiger charge is 2.24. The zero-order valence-corrected chi connectivity index (χ0v) is 16.2. The van der Waals surface area contributed by atoms with Crippen LogP contribution < -0.4 is 10.1 Å². The molecule has 0 unspecified atom stereocenters. The number of ether oxygens (including phenoxy) is 1. The van der Waals surface area contributed by atoms with E-state index in [9.17, 15) is 4.79 Å². The maximum Gasteiger partial charge on any atom is 0.261 e. The number of halogens is 1. The van der Waals surface area contributed by atoms with Crippen molar-refractivity contribution in [1.29, 1.82) is 0 Å². The number of hydrogen-bond donors (Lipinski definition) is 1. The van der Waals surface area contributed by atoms with Crippen molar-refractivity contribution in [2.45, 2.75) is 19.1 Å². The molecule has 0 radical (unpaired) electrons. The van der Waals surface area contributed by atoms with Crippen LogP contribution in [-0.2, 0) is 11.8 Å². The van der Waals surface area contributed by atoms with Gasteiger partial charge in [-0.3, -0.25) is 4.79 Å². The Labute approximate surface area is 161 Å². The lowest BCUT2D eigenvalue weighted by atomic mass is 10.1. The zero-order valence-electron chi connectivity index (χ0n) is 14.6. The highest BCUT2D eigenvalue weighted by Crippen LogP contribution is 2.21. The summed E-state index contributed by atoms with van der Waals surface area (Å²) in [6.45, 7) is 1.73. The van der Waals surface area contributed by atoms with Crippen molar-refractivity contribution in [3.63, 3.8) is 0 Å². The monoisotopic (exact) mass is 413 g/mol. The van der Waals surface area contributed by atoms with Gasteiger partial charge in [-0.05, 0) is 36.8 Å². The molecule has 1 amide bonds. The molecule has 0 aliphatic rings. The molecule has 0 spiro atoms. The van der Waals surface area contributed by atoms with Crippen LogP contribution in [-0.4, -0.2) is 21.6 Å². The van der Waals surface area contributed by atoms with Crippen molar-refractivity contribution >= 4 is 21.8 Å². The standard InChI is InChI=1S/C20H20BrN3O2/c1-14(26-17-10-8-16(21)9-11-17)20(25)23-18(15-6-4-3-5-7-15)19-22-12-13-24(19)2/h3-14,18H,1-2H3,(H,23,25)/t14-,18+/m0/s1. The maximum absolute atomic E-state index is 12.7. The molecule has 0 bridgehead atoms. The van der Waals surface area contributed by atoms with Crippen LogP contribution in [0.3, 0.4) is 0 Å². The fourth-order valence-electron chi connectivity index (χ4n) is 2.63. The van der Waals surface area contributed by atoms with Gasteiger partial charge < -0.3 is 14.6 Å². The molecule has 5 nitrogen and oxygen atoms in total. The van der Waals surface area contributed by atoms with Crippen molar-refractivity contribution in [1.82, 2.24) is 14.9 Å². The minimum atomic E-state index is -0.636. The van der Waals surface area contributed by atoms with E-state index in [1.165, 1.54) is 0 Å². The molecule has 1 N–H and O–H groups in total. The number of nitrogens with zero attached hydrogens (tertiary/aromatic N) is 2. The Kier molecular flexibility index (Phi) is 5.73. The molecule has 0 aliphatic heterocycles. The average Bonchev–Trinajstić information content (AvgIpc) is 3.07. The summed E-state index contributed by atoms with van der Waals surface area (Å²) < 4.78 is 8.62. The lowest BCUT2D eigenvalue weighted by Crippen LogP contribution is -2.39. The second-order valence-electron chi connectivity index (χ2n) is 5.96. The first-order valence-corrected chi connectivity index (χ1v) is 9.08. The minimum absolute atomic E-state index is 0.204. The summed E-state index contributed by atoms with van der Waals surface area (Å²) in [5, 5.41) is 3.05. The van der Waals surface area contributed by atoms with Gasteiger partial charge in [0.1, 0.15) is 17.6 Å². The summed E-state index contributed by atoms with van der Waals surface area (Å²) in [6.07, 6.45) is 2.95. The van der Waals surface area contributed by atoms with E-state index in [1.807, 2.05) is 72.4 Å². The van der Waals surface area contributed by atoms with Gasteiger partial charge in [0.05, 0.1) is 0 Å². The van der Waals surface area contributed by atoms with Crippen LogP contribution in [0.25, 0.3) is 0 Å². The van der Waals surface area contributed by atoms with Crippen LogP contribution in [0.1, 0.15) is 24.4 Å². The number of imidazole rings is 1. The van der Waals surface area contributed by atoms with Crippen molar-refractivity contribution in [3.05, 3.63) is 82.9 Å². The molecule has 0 fully saturated rings. The topological polar surface area (TPSA) is 56.1 Å². The van der Waals surface area contributed by atoms with E-state index >= 15 is 0 Å². The first-order chi connectivity index (χ1) is 12.5. The van der Waals surface area contributed by atoms with Gasteiger partial charge in [-0.15, -0.1) is 0 Å². The normalized spacial score (nSPS) is 13.0. The number of carbonyl (C=O) groups is 1. The summed E-state index contributed by atoms with van der Waals surface area (Å²) in [4.78, 5) is 17.1. The molecule has 1 aromatic heterocycles. The summed E-state index contributed by atoms with van der Waals surface area (Å²) in [6, 6.07) is 16.8. The third-order valence-corrected chi connectivity index (χ3v) is 4.56. The third-order valence-electron chi connectivity index (χ3n) is 4.03. The van der Waals surface area contributed by atoms with Crippen LogP contribution in [0, 0.1) is 0 Å². The number of carbonyl (C=O) groups excluding carboxylic acids is 1. The predicted molar refractivity (Wildman–Crippen MR) is 104 cm³/mol. The van der Waals surface area contributed by atoms with Crippen LogP contribution >= 0.6 is 15.9 Å². The predicted octanol–water partition coefficient (Wildman–Crippen LogP) is 3.86. The first-order valence-electron chi connectivity index (χ1n) is 8.29. The van der Waals surface area contributed by atoms with E-state index in [1.54, 1.807) is 13.1 Å². The molecular weight excluding hydrogens is 394 g/mol. The van der Waals surface area contributed by atoms with Gasteiger partial charge in [-0.25, -0.2) is 4.98 Å². The van der Waals surface area contributed by atoms with E-state index in [0.717, 1.165) is 15.9 Å². The maximum atomic E-state index is 12.7. The highest BCUT2D eigenvalue weighted by atomic mass is 79.9. The van der Waals surface area contributed by atoms with Crippen LogP contribution in [0.5, 0.6) is 5.75 Å². The number of nitrogens with one attached hydrogen (secondary N) is 1. The Morgan fingerprint density at radius 1 is 1.15 bits per heavy atom. The summed E-state index contributed by atoms with van der Waals surface area (Å²) in [7, 11) is 1.91. The number of benzene rings is 2. The molecule has 134 valence electrons. The second-order valence-corrected chi connectivity index (χ2v) is 6.88. The molecular formula is C20H20BrN3O2. The molecule has 1 heterocycles. The van der Waals surface area contributed by atoms with Gasteiger partial charge in [0.2, 0.25) is 0 Å². The van der Waals surface area contributed by atoms with Crippen molar-refractivity contribution in [2.75, 3.05) is 0 Å². The lowest BCUT2D eigenvalue weighted by Gasteiger charge is -2.22. The fourth-order valence-corrected chi connectivity index (χ4v) is 2.89. The van der Waals surface area contributed by atoms with Gasteiger partial charge in [0.15, 0.2) is 6.10 Å². The summed E-state index contributed by atoms with van der Waals surface area (Å²) in [5.41, 5.74) is 0.964. The second kappa shape index (κ2) is 8.19. The van der Waals surface area contributed by atoms with Gasteiger partial charge >= 0.3 is 0 Å². The lowest BCUT2D eigenvalue weighted by molar-refractivity contribution is -0.127. The van der Waals surface area contributed by atoms with Gasteiger partial charge in [-0.2, -0.15) is 0 Å². The van der Waals surface area contributed by atoms with Crippen molar-refractivity contribution in [3.8, 4) is 5.75 Å². The molecule has 0 saturated heterocycles. The van der Waals surface area contributed by atoms with Crippen molar-refractivity contribution < 1.29 is 9.53 Å². The first kappa shape index (κ1) is 18.2. The minimum Gasteiger partial charge on any atom is -0.481 e. The molecule has 0 saturated carbocycles. The molecule has 0 aliphatic carbocycles. The van der Waals surface area contributed by atoms with E-state index in [0.29, 0.717) is 5.75 Å². The Hall–Kier alpha value is -2.60. The number of hydrogen-bond acceptors (Lipinski definition) is 3. The number of amides is 1. The molecule has 2 aromatic carbocycles. The van der Waals surface area contributed by atoms with E-state index < -0.39 is 6.10 Å². The van der Waals surface area contributed by atoms with E-state index in [-0.39, 0.29) is 11.9 Å². The van der Waals surface area contributed by atoms with E-state index in [4.69, 9.17) is 4.74 Å². The smallest absolute Gasteiger partial charge is 0.261 e. The molecule has 3 aromatic rings. The van der Waals surface area contributed by atoms with Crippen LogP contribution in [0.15, 0.2) is 71.5 Å². The number of rotatable bonds is 6. The number of aromatic nitrogens is 2. The highest BCUT2D eigenvalue weighted by molar-refractivity contribution is 9.10. The van der Waals surface area contributed by atoms with Gasteiger partial charge in [0, 0.05) is 23.9 Å². The summed E-state index contributed by atoms with van der Waals surface area (Å²) >= 11 is 3.38. The largest absolute Gasteiger partial charge is 0.481 e.